The molecule has 1 amide bonds. The van der Waals surface area contributed by atoms with Gasteiger partial charge in [-0.2, -0.15) is 0 Å². The predicted molar refractivity (Wildman–Crippen MR) is 127 cm³/mol. The van der Waals surface area contributed by atoms with Crippen molar-refractivity contribution >= 4 is 45.9 Å². The molecule has 1 N–H and O–H groups in total. The lowest BCUT2D eigenvalue weighted by molar-refractivity contribution is -0.123. The number of benzene rings is 3. The molecule has 0 aliphatic heterocycles. The van der Waals surface area contributed by atoms with Crippen molar-refractivity contribution in [1.82, 2.24) is 4.98 Å². The molecule has 1 atom stereocenters. The van der Waals surface area contributed by atoms with Crippen LogP contribution < -0.4 is 5.32 Å². The van der Waals surface area contributed by atoms with Gasteiger partial charge in [0, 0.05) is 27.7 Å². The highest BCUT2D eigenvalue weighted by molar-refractivity contribution is 6.30. The second kappa shape index (κ2) is 9.63. The second-order valence-corrected chi connectivity index (χ2v) is 7.73. The van der Waals surface area contributed by atoms with Gasteiger partial charge in [0.1, 0.15) is 0 Å². The molecule has 164 valence electrons. The smallest absolute Gasteiger partial charge is 0.339 e. The summed E-state index contributed by atoms with van der Waals surface area (Å²) in [6.45, 7) is 1.47. The van der Waals surface area contributed by atoms with Gasteiger partial charge >= 0.3 is 5.97 Å². The maximum Gasteiger partial charge on any atom is 0.339 e. The highest BCUT2D eigenvalue weighted by Gasteiger charge is 2.24. The van der Waals surface area contributed by atoms with Gasteiger partial charge in [0.25, 0.3) is 5.91 Å². The van der Waals surface area contributed by atoms with E-state index in [1.165, 1.54) is 13.0 Å². The van der Waals surface area contributed by atoms with Crippen LogP contribution in [0.2, 0.25) is 5.02 Å². The normalized spacial score (nSPS) is 11.6. The van der Waals surface area contributed by atoms with Crippen molar-refractivity contribution in [1.29, 1.82) is 0 Å². The summed E-state index contributed by atoms with van der Waals surface area (Å²) >= 11 is 5.89. The van der Waals surface area contributed by atoms with Crippen LogP contribution in [0.5, 0.6) is 0 Å². The Bertz CT molecular complexity index is 1350. The molecule has 0 aliphatic carbocycles. The second-order valence-electron chi connectivity index (χ2n) is 7.29. The van der Waals surface area contributed by atoms with Crippen molar-refractivity contribution < 1.29 is 19.1 Å². The summed E-state index contributed by atoms with van der Waals surface area (Å²) in [5.41, 5.74) is 1.93. The number of pyridine rings is 1. The summed E-state index contributed by atoms with van der Waals surface area (Å²) in [7, 11) is 0. The zero-order valence-corrected chi connectivity index (χ0v) is 18.4. The molecule has 1 aromatic heterocycles. The zero-order chi connectivity index (χ0) is 23.4. The first-order valence-electron chi connectivity index (χ1n) is 10.2. The largest absolute Gasteiger partial charge is 0.449 e. The summed E-state index contributed by atoms with van der Waals surface area (Å²) in [6.07, 6.45) is 0.573. The molecule has 0 bridgehead atoms. The average molecular weight is 459 g/mol. The summed E-state index contributed by atoms with van der Waals surface area (Å²) < 4.78 is 5.39. The first-order valence-corrected chi connectivity index (χ1v) is 10.6. The maximum absolute atomic E-state index is 12.9. The molecule has 6 nitrogen and oxygen atoms in total. The topological polar surface area (TPSA) is 85.4 Å². The standard InChI is InChI=1S/C26H19ClN2O4/c1-16(25(31)29-23-10-4-9-22-21(23)8-5-15-28-22)33-26(32)20-7-3-2-6-19(20)24(30)17-11-13-18(27)14-12-17/h2-16H,1H3,(H,29,31). The van der Waals surface area contributed by atoms with Gasteiger partial charge in [-0.25, -0.2) is 4.79 Å². The highest BCUT2D eigenvalue weighted by Crippen LogP contribution is 2.22. The number of ketones is 1. The van der Waals surface area contributed by atoms with E-state index in [0.29, 0.717) is 16.3 Å². The quantitative estimate of drug-likeness (QED) is 0.313. The number of aromatic nitrogens is 1. The number of fused-ring (bicyclic) bond motifs is 1. The Morgan fingerprint density at radius 1 is 0.879 bits per heavy atom. The molecule has 0 radical (unpaired) electrons. The molecule has 1 unspecified atom stereocenters. The van der Waals surface area contributed by atoms with Gasteiger partial charge in [-0.1, -0.05) is 35.9 Å². The minimum Gasteiger partial charge on any atom is -0.449 e. The average Bonchev–Trinajstić information content (AvgIpc) is 2.84. The van der Waals surface area contributed by atoms with E-state index in [1.807, 2.05) is 12.1 Å². The van der Waals surface area contributed by atoms with Crippen molar-refractivity contribution in [2.24, 2.45) is 0 Å². The number of carbonyl (C=O) groups is 3. The van der Waals surface area contributed by atoms with E-state index in [1.54, 1.807) is 66.9 Å². The number of halogens is 1. The molecule has 0 saturated carbocycles. The monoisotopic (exact) mass is 458 g/mol. The van der Waals surface area contributed by atoms with Crippen molar-refractivity contribution in [2.45, 2.75) is 13.0 Å². The Morgan fingerprint density at radius 2 is 1.61 bits per heavy atom. The Hall–Kier alpha value is -4.03. The molecular formula is C26H19ClN2O4. The van der Waals surface area contributed by atoms with Crippen molar-refractivity contribution in [3.8, 4) is 0 Å². The van der Waals surface area contributed by atoms with Crippen LogP contribution in [0.25, 0.3) is 10.9 Å². The highest BCUT2D eigenvalue weighted by atomic mass is 35.5. The van der Waals surface area contributed by atoms with Crippen molar-refractivity contribution in [2.75, 3.05) is 5.32 Å². The minimum absolute atomic E-state index is 0.0754. The lowest BCUT2D eigenvalue weighted by Crippen LogP contribution is -2.30. The Kier molecular flexibility index (Phi) is 6.47. The number of ether oxygens (including phenoxy) is 1. The molecule has 0 saturated heterocycles. The number of rotatable bonds is 6. The van der Waals surface area contributed by atoms with Crippen LogP contribution in [0.15, 0.2) is 85.1 Å². The Morgan fingerprint density at radius 3 is 2.36 bits per heavy atom. The zero-order valence-electron chi connectivity index (χ0n) is 17.6. The number of esters is 1. The lowest BCUT2D eigenvalue weighted by atomic mass is 9.98. The fourth-order valence-electron chi connectivity index (χ4n) is 3.34. The van der Waals surface area contributed by atoms with Crippen LogP contribution in [0.3, 0.4) is 0 Å². The van der Waals surface area contributed by atoms with Crippen LogP contribution in [-0.2, 0) is 9.53 Å². The number of anilines is 1. The molecule has 7 heteroatoms. The van der Waals surface area contributed by atoms with Gasteiger partial charge in [-0.05, 0) is 61.5 Å². The number of nitrogens with zero attached hydrogens (tertiary/aromatic N) is 1. The third-order valence-corrected chi connectivity index (χ3v) is 5.31. The fraction of sp³-hybridized carbons (Fsp3) is 0.0769. The number of carbonyl (C=O) groups excluding carboxylic acids is 3. The summed E-state index contributed by atoms with van der Waals surface area (Å²) in [5.74, 6) is -1.61. The lowest BCUT2D eigenvalue weighted by Gasteiger charge is -2.15. The van der Waals surface area contributed by atoms with Crippen molar-refractivity contribution in [3.63, 3.8) is 0 Å². The molecule has 0 spiro atoms. The van der Waals surface area contributed by atoms with Gasteiger partial charge in [0.05, 0.1) is 16.8 Å². The van der Waals surface area contributed by atoms with Crippen LogP contribution in [-0.4, -0.2) is 28.7 Å². The van der Waals surface area contributed by atoms with E-state index < -0.39 is 18.0 Å². The van der Waals surface area contributed by atoms with Crippen LogP contribution in [0.4, 0.5) is 5.69 Å². The molecule has 0 fully saturated rings. The molecule has 33 heavy (non-hydrogen) atoms. The van der Waals surface area contributed by atoms with Gasteiger partial charge in [-0.3, -0.25) is 14.6 Å². The van der Waals surface area contributed by atoms with E-state index in [0.717, 1.165) is 10.9 Å². The third kappa shape index (κ3) is 4.91. The molecular weight excluding hydrogens is 440 g/mol. The van der Waals surface area contributed by atoms with E-state index in [2.05, 4.69) is 10.3 Å². The van der Waals surface area contributed by atoms with Gasteiger partial charge < -0.3 is 10.1 Å². The van der Waals surface area contributed by atoms with Crippen molar-refractivity contribution in [3.05, 3.63) is 107 Å². The SMILES string of the molecule is CC(OC(=O)c1ccccc1C(=O)c1ccc(Cl)cc1)C(=O)Nc1cccc2ncccc12. The predicted octanol–water partition coefficient (Wildman–Crippen LogP) is 5.30. The van der Waals surface area contributed by atoms with Crippen LogP contribution in [0, 0.1) is 0 Å². The van der Waals surface area contributed by atoms with E-state index >= 15 is 0 Å². The molecule has 4 rings (SSSR count). The number of amides is 1. The van der Waals surface area contributed by atoms with Gasteiger partial charge in [0.15, 0.2) is 11.9 Å². The number of nitrogens with one attached hydrogen (secondary N) is 1. The first kappa shape index (κ1) is 22.2. The summed E-state index contributed by atoms with van der Waals surface area (Å²) in [6, 6.07) is 21.7. The minimum atomic E-state index is -1.09. The van der Waals surface area contributed by atoms with E-state index in [9.17, 15) is 14.4 Å². The molecule has 1 heterocycles. The molecule has 3 aromatic carbocycles. The fourth-order valence-corrected chi connectivity index (χ4v) is 3.47. The van der Waals surface area contributed by atoms with Crippen LogP contribution >= 0.6 is 11.6 Å². The van der Waals surface area contributed by atoms with E-state index in [-0.39, 0.29) is 16.9 Å². The Labute approximate surface area is 195 Å². The Balaban J connectivity index is 1.50. The summed E-state index contributed by atoms with van der Waals surface area (Å²) in [4.78, 5) is 42.8. The van der Waals surface area contributed by atoms with Crippen LogP contribution in [0.1, 0.15) is 33.2 Å². The summed E-state index contributed by atoms with van der Waals surface area (Å²) in [5, 5.41) is 4.04. The third-order valence-electron chi connectivity index (χ3n) is 5.05. The number of hydrogen-bond acceptors (Lipinski definition) is 5. The molecule has 0 aliphatic rings. The van der Waals surface area contributed by atoms with Gasteiger partial charge in [-0.15, -0.1) is 0 Å². The van der Waals surface area contributed by atoms with Gasteiger partial charge in [0.2, 0.25) is 0 Å². The van der Waals surface area contributed by atoms with E-state index in [4.69, 9.17) is 16.3 Å². The maximum atomic E-state index is 12.9. The number of hydrogen-bond donors (Lipinski definition) is 1. The first-order chi connectivity index (χ1) is 15.9. The molecule has 4 aromatic rings.